The monoisotopic (exact) mass is 421 g/mol. The van der Waals surface area contributed by atoms with Crippen molar-refractivity contribution < 1.29 is 22.7 Å². The van der Waals surface area contributed by atoms with Crippen molar-refractivity contribution in [1.82, 2.24) is 10.2 Å². The van der Waals surface area contributed by atoms with E-state index >= 15 is 0 Å². The van der Waals surface area contributed by atoms with Crippen LogP contribution < -0.4 is 10.2 Å². The topological polar surface area (TPSA) is 44.8 Å². The van der Waals surface area contributed by atoms with Gasteiger partial charge in [-0.05, 0) is 29.8 Å². The van der Waals surface area contributed by atoms with E-state index in [2.05, 4.69) is 10.2 Å². The Morgan fingerprint density at radius 1 is 1.10 bits per heavy atom. The molecule has 1 aliphatic heterocycles. The minimum absolute atomic E-state index is 0.160. The van der Waals surface area contributed by atoms with Gasteiger partial charge >= 0.3 is 6.18 Å². The molecular weight excluding hydrogens is 395 g/mol. The maximum absolute atomic E-state index is 13.3. The number of rotatable bonds is 6. The van der Waals surface area contributed by atoms with E-state index in [0.29, 0.717) is 26.3 Å². The Hall–Kier alpha value is -2.58. The Morgan fingerprint density at radius 3 is 2.33 bits per heavy atom. The number of benzene rings is 2. The number of nitrogens with one attached hydrogen (secondary N) is 1. The van der Waals surface area contributed by atoms with E-state index < -0.39 is 17.6 Å². The number of carbonyl (C=O) groups excluding carboxylic acids is 1. The van der Waals surface area contributed by atoms with Gasteiger partial charge in [0.05, 0.1) is 30.4 Å². The SMILES string of the molecule is CN(C)c1ccc([C@H](CNC(=O)c2ccccc2C(F)(F)F)N2CCOCC2)cc1. The molecule has 1 atom stereocenters. The van der Waals surface area contributed by atoms with E-state index in [4.69, 9.17) is 4.74 Å². The fourth-order valence-corrected chi connectivity index (χ4v) is 3.55. The second-order valence-electron chi connectivity index (χ2n) is 7.40. The Bertz CT molecular complexity index is 847. The summed E-state index contributed by atoms with van der Waals surface area (Å²) in [6.45, 7) is 2.74. The number of morpholine rings is 1. The second kappa shape index (κ2) is 9.49. The molecule has 0 bridgehead atoms. The lowest BCUT2D eigenvalue weighted by Gasteiger charge is -2.35. The van der Waals surface area contributed by atoms with Crippen LogP contribution in [0.1, 0.15) is 27.5 Å². The molecule has 1 aliphatic rings. The summed E-state index contributed by atoms with van der Waals surface area (Å²) in [6.07, 6.45) is -4.58. The molecule has 5 nitrogen and oxygen atoms in total. The van der Waals surface area contributed by atoms with E-state index in [1.165, 1.54) is 18.2 Å². The standard InChI is InChI=1S/C22H26F3N3O2/c1-27(2)17-9-7-16(8-10-17)20(28-11-13-30-14-12-28)15-26-21(29)18-5-3-4-6-19(18)22(23,24)25/h3-10,20H,11-15H2,1-2H3,(H,26,29)/t20-/m0/s1. The first-order valence-electron chi connectivity index (χ1n) is 9.81. The predicted octanol–water partition coefficient (Wildman–Crippen LogP) is 3.57. The molecule has 2 aromatic rings. The molecule has 1 heterocycles. The number of alkyl halides is 3. The lowest BCUT2D eigenvalue weighted by atomic mass is 10.0. The zero-order valence-corrected chi connectivity index (χ0v) is 17.1. The van der Waals surface area contributed by atoms with Gasteiger partial charge in [-0.15, -0.1) is 0 Å². The Balaban J connectivity index is 1.79. The molecule has 0 radical (unpaired) electrons. The molecule has 0 aromatic heterocycles. The molecule has 8 heteroatoms. The van der Waals surface area contributed by atoms with Crippen LogP contribution in [0.2, 0.25) is 0 Å². The highest BCUT2D eigenvalue weighted by Gasteiger charge is 2.35. The third-order valence-corrected chi connectivity index (χ3v) is 5.21. The Kier molecular flexibility index (Phi) is 6.99. The van der Waals surface area contributed by atoms with Crippen LogP contribution in [-0.2, 0) is 10.9 Å². The van der Waals surface area contributed by atoms with Crippen LogP contribution in [0.4, 0.5) is 18.9 Å². The molecule has 0 saturated carbocycles. The maximum atomic E-state index is 13.3. The molecule has 0 aliphatic carbocycles. The van der Waals surface area contributed by atoms with Gasteiger partial charge in [0, 0.05) is 39.4 Å². The Morgan fingerprint density at radius 2 is 1.73 bits per heavy atom. The maximum Gasteiger partial charge on any atom is 0.417 e. The normalized spacial score (nSPS) is 16.2. The van der Waals surface area contributed by atoms with Crippen LogP contribution in [0.25, 0.3) is 0 Å². The van der Waals surface area contributed by atoms with Crippen molar-refractivity contribution in [3.63, 3.8) is 0 Å². The fraction of sp³-hybridized carbons (Fsp3) is 0.409. The van der Waals surface area contributed by atoms with Gasteiger partial charge in [-0.2, -0.15) is 13.2 Å². The summed E-state index contributed by atoms with van der Waals surface area (Å²) in [5, 5.41) is 2.71. The fourth-order valence-electron chi connectivity index (χ4n) is 3.55. The van der Waals surface area contributed by atoms with Gasteiger partial charge < -0.3 is 15.0 Å². The smallest absolute Gasteiger partial charge is 0.379 e. The molecule has 30 heavy (non-hydrogen) atoms. The van der Waals surface area contributed by atoms with E-state index in [9.17, 15) is 18.0 Å². The first-order chi connectivity index (χ1) is 14.3. The summed E-state index contributed by atoms with van der Waals surface area (Å²) < 4.78 is 45.2. The van der Waals surface area contributed by atoms with Crippen molar-refractivity contribution in [2.24, 2.45) is 0 Å². The van der Waals surface area contributed by atoms with Crippen LogP contribution in [0.3, 0.4) is 0 Å². The molecular formula is C22H26F3N3O2. The van der Waals surface area contributed by atoms with Gasteiger partial charge in [0.2, 0.25) is 0 Å². The van der Waals surface area contributed by atoms with Crippen molar-refractivity contribution in [2.75, 3.05) is 51.8 Å². The van der Waals surface area contributed by atoms with Gasteiger partial charge in [-0.3, -0.25) is 9.69 Å². The molecule has 1 fully saturated rings. The highest BCUT2D eigenvalue weighted by Crippen LogP contribution is 2.32. The molecule has 0 unspecified atom stereocenters. The summed E-state index contributed by atoms with van der Waals surface area (Å²) in [7, 11) is 3.90. The zero-order chi connectivity index (χ0) is 21.7. The summed E-state index contributed by atoms with van der Waals surface area (Å²) in [5.41, 5.74) is 0.740. The molecule has 1 N–H and O–H groups in total. The van der Waals surface area contributed by atoms with Crippen LogP contribution in [0.15, 0.2) is 48.5 Å². The zero-order valence-electron chi connectivity index (χ0n) is 17.1. The highest BCUT2D eigenvalue weighted by molar-refractivity contribution is 5.95. The van der Waals surface area contributed by atoms with Crippen LogP contribution in [0, 0.1) is 0 Å². The van der Waals surface area contributed by atoms with Crippen LogP contribution in [0.5, 0.6) is 0 Å². The van der Waals surface area contributed by atoms with Crippen LogP contribution in [-0.4, -0.2) is 57.8 Å². The number of amides is 1. The number of nitrogens with zero attached hydrogens (tertiary/aromatic N) is 2. The lowest BCUT2D eigenvalue weighted by molar-refractivity contribution is -0.137. The van der Waals surface area contributed by atoms with Gasteiger partial charge in [-0.1, -0.05) is 24.3 Å². The second-order valence-corrected chi connectivity index (χ2v) is 7.40. The third-order valence-electron chi connectivity index (χ3n) is 5.21. The summed E-state index contributed by atoms with van der Waals surface area (Å²) in [5.74, 6) is -0.730. The van der Waals surface area contributed by atoms with Crippen molar-refractivity contribution in [3.05, 3.63) is 65.2 Å². The van der Waals surface area contributed by atoms with E-state index in [1.54, 1.807) is 0 Å². The largest absolute Gasteiger partial charge is 0.417 e. The lowest BCUT2D eigenvalue weighted by Crippen LogP contribution is -2.44. The van der Waals surface area contributed by atoms with Crippen molar-refractivity contribution >= 4 is 11.6 Å². The van der Waals surface area contributed by atoms with Gasteiger partial charge in [0.1, 0.15) is 0 Å². The van der Waals surface area contributed by atoms with Gasteiger partial charge in [0.15, 0.2) is 0 Å². The number of carbonyl (C=O) groups is 1. The van der Waals surface area contributed by atoms with Crippen LogP contribution >= 0.6 is 0 Å². The van der Waals surface area contributed by atoms with Crippen molar-refractivity contribution in [2.45, 2.75) is 12.2 Å². The molecule has 2 aromatic carbocycles. The summed E-state index contributed by atoms with van der Waals surface area (Å²) in [4.78, 5) is 16.8. The minimum atomic E-state index is -4.58. The molecule has 1 saturated heterocycles. The summed E-state index contributed by atoms with van der Waals surface area (Å²) in [6, 6.07) is 12.6. The Labute approximate surface area is 174 Å². The van der Waals surface area contributed by atoms with E-state index in [-0.39, 0.29) is 18.2 Å². The molecule has 162 valence electrons. The average Bonchev–Trinajstić information content (AvgIpc) is 2.74. The molecule has 1 amide bonds. The molecule has 0 spiro atoms. The third kappa shape index (κ3) is 5.31. The van der Waals surface area contributed by atoms with E-state index in [0.717, 1.165) is 17.3 Å². The number of hydrogen-bond acceptors (Lipinski definition) is 4. The first kappa shape index (κ1) is 22.1. The number of hydrogen-bond donors (Lipinski definition) is 1. The molecule has 3 rings (SSSR count). The number of halogens is 3. The quantitative estimate of drug-likeness (QED) is 0.775. The minimum Gasteiger partial charge on any atom is -0.379 e. The average molecular weight is 421 g/mol. The number of anilines is 1. The number of ether oxygens (including phenoxy) is 1. The predicted molar refractivity (Wildman–Crippen MR) is 110 cm³/mol. The van der Waals surface area contributed by atoms with Crippen molar-refractivity contribution in [3.8, 4) is 0 Å². The van der Waals surface area contributed by atoms with Crippen molar-refractivity contribution in [1.29, 1.82) is 0 Å². The van der Waals surface area contributed by atoms with Gasteiger partial charge in [-0.25, -0.2) is 0 Å². The highest BCUT2D eigenvalue weighted by atomic mass is 19.4. The van der Waals surface area contributed by atoms with Gasteiger partial charge in [0.25, 0.3) is 5.91 Å². The summed E-state index contributed by atoms with van der Waals surface area (Å²) >= 11 is 0. The van der Waals surface area contributed by atoms with E-state index in [1.807, 2.05) is 43.3 Å². The first-order valence-corrected chi connectivity index (χ1v) is 9.81.